The lowest BCUT2D eigenvalue weighted by molar-refractivity contribution is -0.115. The zero-order valence-corrected chi connectivity index (χ0v) is 14.9. The molecule has 0 saturated carbocycles. The molecule has 1 heterocycles. The molecule has 27 heavy (non-hydrogen) atoms. The van der Waals surface area contributed by atoms with E-state index in [1.165, 1.54) is 0 Å². The molecular weight excluding hydrogens is 368 g/mol. The fraction of sp³-hybridized carbons (Fsp3) is 0.0952. The van der Waals surface area contributed by atoms with Gasteiger partial charge in [-0.2, -0.15) is 8.78 Å². The van der Waals surface area contributed by atoms with Crippen LogP contribution in [0.5, 0.6) is 0 Å². The van der Waals surface area contributed by atoms with Crippen molar-refractivity contribution in [1.82, 2.24) is 0 Å². The molecule has 136 valence electrons. The van der Waals surface area contributed by atoms with E-state index in [1.54, 1.807) is 30.5 Å². The molecule has 3 nitrogen and oxygen atoms in total. The summed E-state index contributed by atoms with van der Waals surface area (Å²) in [6, 6.07) is 18.2. The van der Waals surface area contributed by atoms with Crippen LogP contribution in [0, 0.1) is 0 Å². The van der Waals surface area contributed by atoms with Crippen LogP contribution in [0.1, 0.15) is 5.56 Å². The predicted octanol–water partition coefficient (Wildman–Crippen LogP) is 6.08. The molecule has 0 radical (unpaired) electrons. The topological polar surface area (TPSA) is 42.2 Å². The Hall–Kier alpha value is -2.86. The minimum atomic E-state index is -2.46. The van der Waals surface area contributed by atoms with E-state index in [2.05, 4.69) is 5.32 Å². The summed E-state index contributed by atoms with van der Waals surface area (Å²) in [5, 5.41) is 5.86. The number of fused-ring (bicyclic) bond motifs is 3. The van der Waals surface area contributed by atoms with E-state index in [0.717, 1.165) is 27.3 Å². The Morgan fingerprint density at radius 2 is 1.81 bits per heavy atom. The quantitative estimate of drug-likeness (QED) is 0.425. The molecule has 1 aromatic heterocycles. The van der Waals surface area contributed by atoms with E-state index in [9.17, 15) is 13.6 Å². The van der Waals surface area contributed by atoms with Crippen LogP contribution in [0.15, 0.2) is 76.2 Å². The Kier molecular flexibility index (Phi) is 4.81. The maximum absolute atomic E-state index is 12.4. The SMILES string of the molecule is O=C(Cc1coc2ccc3ccccc3c12)Nc1ccc(SC(F)F)cc1. The minimum Gasteiger partial charge on any atom is -0.464 e. The standard InChI is InChI=1S/C21H15F2NO2S/c22-21(23)27-16-8-6-15(7-9-16)24-19(25)11-14-12-26-18-10-5-13-3-1-2-4-17(13)20(14)18/h1-10,12,21H,11H2,(H,24,25). The number of amides is 1. The van der Waals surface area contributed by atoms with Gasteiger partial charge < -0.3 is 9.73 Å². The normalized spacial score (nSPS) is 11.4. The number of hydrogen-bond acceptors (Lipinski definition) is 3. The molecule has 3 aromatic carbocycles. The Labute approximate surface area is 158 Å². The van der Waals surface area contributed by atoms with Crippen molar-refractivity contribution in [1.29, 1.82) is 0 Å². The highest BCUT2D eigenvalue weighted by Crippen LogP contribution is 2.30. The van der Waals surface area contributed by atoms with E-state index in [4.69, 9.17) is 4.42 Å². The number of benzene rings is 3. The molecule has 0 fully saturated rings. The second-order valence-corrected chi connectivity index (χ2v) is 7.11. The number of furan rings is 1. The third-order valence-electron chi connectivity index (χ3n) is 4.25. The highest BCUT2D eigenvalue weighted by molar-refractivity contribution is 7.99. The summed E-state index contributed by atoms with van der Waals surface area (Å²) in [5.74, 6) is -2.66. The summed E-state index contributed by atoms with van der Waals surface area (Å²) < 4.78 is 30.3. The van der Waals surface area contributed by atoms with E-state index < -0.39 is 5.76 Å². The second-order valence-electron chi connectivity index (χ2n) is 6.05. The average molecular weight is 383 g/mol. The fourth-order valence-corrected chi connectivity index (χ4v) is 3.60. The van der Waals surface area contributed by atoms with Crippen LogP contribution in [0.4, 0.5) is 14.5 Å². The van der Waals surface area contributed by atoms with E-state index in [1.807, 2.05) is 36.4 Å². The van der Waals surface area contributed by atoms with Crippen molar-refractivity contribution in [3.8, 4) is 0 Å². The van der Waals surface area contributed by atoms with Gasteiger partial charge in [-0.25, -0.2) is 0 Å². The van der Waals surface area contributed by atoms with Crippen molar-refractivity contribution in [3.05, 3.63) is 72.5 Å². The van der Waals surface area contributed by atoms with Crippen molar-refractivity contribution in [2.75, 3.05) is 5.32 Å². The van der Waals surface area contributed by atoms with Crippen LogP contribution in [0.3, 0.4) is 0 Å². The Bertz CT molecular complexity index is 1110. The molecule has 0 aliphatic rings. The largest absolute Gasteiger partial charge is 0.464 e. The fourth-order valence-electron chi connectivity index (χ4n) is 3.10. The number of halogens is 2. The summed E-state index contributed by atoms with van der Waals surface area (Å²) in [6.45, 7) is 0. The molecule has 0 aliphatic heterocycles. The summed E-state index contributed by atoms with van der Waals surface area (Å²) in [5.41, 5.74) is 2.12. The number of rotatable bonds is 5. The van der Waals surface area contributed by atoms with Gasteiger partial charge in [0.2, 0.25) is 5.91 Å². The minimum absolute atomic E-state index is 0.161. The highest BCUT2D eigenvalue weighted by Gasteiger charge is 2.13. The Morgan fingerprint density at radius 3 is 2.59 bits per heavy atom. The maximum Gasteiger partial charge on any atom is 0.288 e. The zero-order chi connectivity index (χ0) is 18.8. The van der Waals surface area contributed by atoms with E-state index in [0.29, 0.717) is 22.3 Å². The Balaban J connectivity index is 1.54. The van der Waals surface area contributed by atoms with Gasteiger partial charge in [-0.3, -0.25) is 4.79 Å². The summed E-state index contributed by atoms with van der Waals surface area (Å²) in [6.07, 6.45) is 1.77. The highest BCUT2D eigenvalue weighted by atomic mass is 32.2. The molecule has 4 rings (SSSR count). The van der Waals surface area contributed by atoms with Gasteiger partial charge in [-0.1, -0.05) is 42.1 Å². The van der Waals surface area contributed by atoms with Crippen LogP contribution in [-0.4, -0.2) is 11.7 Å². The average Bonchev–Trinajstić information content (AvgIpc) is 3.06. The number of hydrogen-bond donors (Lipinski definition) is 1. The lowest BCUT2D eigenvalue weighted by Crippen LogP contribution is -2.14. The second kappa shape index (κ2) is 7.40. The predicted molar refractivity (Wildman–Crippen MR) is 104 cm³/mol. The summed E-state index contributed by atoms with van der Waals surface area (Å²) in [7, 11) is 0. The number of anilines is 1. The first-order chi connectivity index (χ1) is 13.1. The number of carbonyl (C=O) groups excluding carboxylic acids is 1. The van der Waals surface area contributed by atoms with Gasteiger partial charge in [0.1, 0.15) is 5.58 Å². The number of thioether (sulfide) groups is 1. The van der Waals surface area contributed by atoms with Gasteiger partial charge in [0.15, 0.2) is 0 Å². The third kappa shape index (κ3) is 3.80. The molecule has 4 aromatic rings. The molecule has 1 N–H and O–H groups in total. The molecule has 0 aliphatic carbocycles. The first kappa shape index (κ1) is 17.5. The molecular formula is C21H15F2NO2S. The molecule has 0 unspecified atom stereocenters. The van der Waals surface area contributed by atoms with Gasteiger partial charge in [0, 0.05) is 21.5 Å². The summed E-state index contributed by atoms with van der Waals surface area (Å²) in [4.78, 5) is 12.9. The van der Waals surface area contributed by atoms with Crippen LogP contribution < -0.4 is 5.32 Å². The molecule has 0 atom stereocenters. The van der Waals surface area contributed by atoms with Crippen LogP contribution in [-0.2, 0) is 11.2 Å². The van der Waals surface area contributed by atoms with Crippen molar-refractivity contribution in [2.45, 2.75) is 17.1 Å². The van der Waals surface area contributed by atoms with Crippen LogP contribution >= 0.6 is 11.8 Å². The monoisotopic (exact) mass is 383 g/mol. The van der Waals surface area contributed by atoms with Gasteiger partial charge >= 0.3 is 0 Å². The van der Waals surface area contributed by atoms with Crippen LogP contribution in [0.25, 0.3) is 21.7 Å². The first-order valence-corrected chi connectivity index (χ1v) is 9.21. The first-order valence-electron chi connectivity index (χ1n) is 8.33. The number of carbonyl (C=O) groups is 1. The van der Waals surface area contributed by atoms with E-state index in [-0.39, 0.29) is 12.3 Å². The van der Waals surface area contributed by atoms with Crippen molar-refractivity contribution in [3.63, 3.8) is 0 Å². The number of nitrogens with one attached hydrogen (secondary N) is 1. The lowest BCUT2D eigenvalue weighted by Gasteiger charge is -2.06. The maximum atomic E-state index is 12.4. The van der Waals surface area contributed by atoms with Crippen molar-refractivity contribution < 1.29 is 18.0 Å². The number of alkyl halides is 2. The van der Waals surface area contributed by atoms with Crippen molar-refractivity contribution in [2.24, 2.45) is 0 Å². The molecule has 0 spiro atoms. The van der Waals surface area contributed by atoms with Gasteiger partial charge in [-0.05, 0) is 41.1 Å². The lowest BCUT2D eigenvalue weighted by atomic mass is 10.0. The zero-order valence-electron chi connectivity index (χ0n) is 14.1. The summed E-state index contributed by atoms with van der Waals surface area (Å²) >= 11 is 0.474. The molecule has 6 heteroatoms. The molecule has 1 amide bonds. The van der Waals surface area contributed by atoms with Gasteiger partial charge in [-0.15, -0.1) is 0 Å². The third-order valence-corrected chi connectivity index (χ3v) is 4.98. The van der Waals surface area contributed by atoms with Crippen molar-refractivity contribution >= 4 is 45.1 Å². The van der Waals surface area contributed by atoms with Crippen LogP contribution in [0.2, 0.25) is 0 Å². The Morgan fingerprint density at radius 1 is 1.04 bits per heavy atom. The molecule has 0 bridgehead atoms. The van der Waals surface area contributed by atoms with E-state index >= 15 is 0 Å². The van der Waals surface area contributed by atoms with Gasteiger partial charge in [0.05, 0.1) is 12.7 Å². The smallest absolute Gasteiger partial charge is 0.288 e. The molecule has 0 saturated heterocycles. The van der Waals surface area contributed by atoms with Gasteiger partial charge in [0.25, 0.3) is 5.76 Å².